The molecule has 2 aliphatic heterocycles. The minimum atomic E-state index is 0.772. The van der Waals surface area contributed by atoms with Crippen LogP contribution in [-0.2, 0) is 9.47 Å². The van der Waals surface area contributed by atoms with E-state index in [2.05, 4.69) is 9.80 Å². The minimum Gasteiger partial charge on any atom is -0.378 e. The van der Waals surface area contributed by atoms with Gasteiger partial charge in [-0.1, -0.05) is 36.2 Å². The Hall–Kier alpha value is 0.0500. The van der Waals surface area contributed by atoms with Crippen LogP contribution in [-0.4, -0.2) is 77.5 Å². The number of hydrogen-bond donors (Lipinski definition) is 0. The van der Waals surface area contributed by atoms with Gasteiger partial charge in [0.25, 0.3) is 0 Å². The van der Waals surface area contributed by atoms with Gasteiger partial charge in [-0.05, 0) is 0 Å². The Balaban J connectivity index is 1.69. The Kier molecular flexibility index (Phi) is 6.10. The van der Waals surface area contributed by atoms with Gasteiger partial charge in [0.05, 0.1) is 37.2 Å². The molecule has 0 aromatic rings. The highest BCUT2D eigenvalue weighted by atomic mass is 32.2. The lowest BCUT2D eigenvalue weighted by molar-refractivity contribution is 0.0689. The topological polar surface area (TPSA) is 24.9 Å². The average Bonchev–Trinajstić information content (AvgIpc) is 2.46. The molecule has 0 aliphatic carbocycles. The molecule has 0 aromatic heterocycles. The molecule has 102 valence electrons. The number of thiocarbonyl (C=S) groups is 2. The summed E-state index contributed by atoms with van der Waals surface area (Å²) in [6, 6.07) is 0. The smallest absolute Gasteiger partial charge is 0.136 e. The van der Waals surface area contributed by atoms with Gasteiger partial charge in [0.15, 0.2) is 0 Å². The zero-order valence-electron chi connectivity index (χ0n) is 10.3. The first kappa shape index (κ1) is 14.5. The van der Waals surface area contributed by atoms with E-state index in [4.69, 9.17) is 33.9 Å². The maximum atomic E-state index is 5.44. The molecule has 2 fully saturated rings. The van der Waals surface area contributed by atoms with Gasteiger partial charge in [0.2, 0.25) is 0 Å². The summed E-state index contributed by atoms with van der Waals surface area (Å²) in [5, 5.41) is 0. The number of nitrogens with zero attached hydrogens (tertiary/aromatic N) is 2. The van der Waals surface area contributed by atoms with Crippen molar-refractivity contribution in [2.45, 2.75) is 0 Å². The first-order valence-corrected chi connectivity index (χ1v) is 7.92. The monoisotopic (exact) mass is 306 g/mol. The number of hydrogen-bond acceptors (Lipinski definition) is 5. The van der Waals surface area contributed by atoms with E-state index in [0.717, 1.165) is 67.7 Å². The van der Waals surface area contributed by atoms with E-state index in [1.54, 1.807) is 11.8 Å². The average molecular weight is 306 g/mol. The van der Waals surface area contributed by atoms with Gasteiger partial charge < -0.3 is 19.3 Å². The minimum absolute atomic E-state index is 0.772. The second kappa shape index (κ2) is 7.59. The molecule has 0 aromatic carbocycles. The molecule has 0 bridgehead atoms. The molecule has 0 saturated carbocycles. The quantitative estimate of drug-likeness (QED) is 0.702. The number of rotatable bonds is 2. The molecule has 0 atom stereocenters. The fourth-order valence-corrected chi connectivity index (χ4v) is 3.38. The van der Waals surface area contributed by atoms with Crippen molar-refractivity contribution in [3.63, 3.8) is 0 Å². The largest absolute Gasteiger partial charge is 0.378 e. The highest BCUT2D eigenvalue weighted by molar-refractivity contribution is 8.23. The van der Waals surface area contributed by atoms with Gasteiger partial charge >= 0.3 is 0 Å². The summed E-state index contributed by atoms with van der Waals surface area (Å²) >= 11 is 12.5. The van der Waals surface area contributed by atoms with Crippen LogP contribution in [0, 0.1) is 0 Å². The maximum absolute atomic E-state index is 5.44. The normalized spacial score (nSPS) is 20.9. The third kappa shape index (κ3) is 4.31. The van der Waals surface area contributed by atoms with Crippen molar-refractivity contribution in [3.8, 4) is 0 Å². The van der Waals surface area contributed by atoms with Gasteiger partial charge in [0, 0.05) is 26.2 Å². The molecule has 0 N–H and O–H groups in total. The van der Waals surface area contributed by atoms with E-state index in [9.17, 15) is 0 Å². The van der Waals surface area contributed by atoms with Crippen LogP contribution in [0.1, 0.15) is 0 Å². The Morgan fingerprint density at radius 3 is 1.94 bits per heavy atom. The van der Waals surface area contributed by atoms with Gasteiger partial charge in [-0.25, -0.2) is 0 Å². The molecule has 2 rings (SSSR count). The number of ether oxygens (including phenoxy) is 2. The highest BCUT2D eigenvalue weighted by Crippen LogP contribution is 2.13. The van der Waals surface area contributed by atoms with Gasteiger partial charge in [0.1, 0.15) is 4.32 Å². The van der Waals surface area contributed by atoms with Crippen molar-refractivity contribution in [2.75, 3.05) is 58.4 Å². The van der Waals surface area contributed by atoms with Crippen LogP contribution in [0.25, 0.3) is 0 Å². The first-order valence-electron chi connectivity index (χ1n) is 6.12. The van der Waals surface area contributed by atoms with E-state index in [1.165, 1.54) is 0 Å². The zero-order chi connectivity index (χ0) is 12.8. The SMILES string of the molecule is S=C(CSC(=S)N1CCOCC1)N1CCOCC1. The predicted molar refractivity (Wildman–Crippen MR) is 82.4 cm³/mol. The molecule has 7 heteroatoms. The summed E-state index contributed by atoms with van der Waals surface area (Å²) in [5.41, 5.74) is 0. The number of thioether (sulfide) groups is 1. The lowest BCUT2D eigenvalue weighted by Crippen LogP contribution is -2.42. The van der Waals surface area contributed by atoms with E-state index >= 15 is 0 Å². The van der Waals surface area contributed by atoms with Gasteiger partial charge in [-0.3, -0.25) is 0 Å². The second-order valence-corrected chi connectivity index (χ2v) is 6.23. The van der Waals surface area contributed by atoms with E-state index in [0.29, 0.717) is 0 Å². The summed E-state index contributed by atoms with van der Waals surface area (Å²) in [4.78, 5) is 5.40. The standard InChI is InChI=1S/C11H18N2O2S3/c16-10(12-1-5-14-6-2-12)9-18-11(17)13-3-7-15-8-4-13/h1-9H2. The lowest BCUT2D eigenvalue weighted by atomic mass is 10.4. The van der Waals surface area contributed by atoms with Gasteiger partial charge in [-0.15, -0.1) is 0 Å². The summed E-state index contributed by atoms with van der Waals surface area (Å²) < 4.78 is 11.6. The van der Waals surface area contributed by atoms with E-state index < -0.39 is 0 Å². The second-order valence-electron chi connectivity index (χ2n) is 4.15. The van der Waals surface area contributed by atoms with Crippen molar-refractivity contribution in [2.24, 2.45) is 0 Å². The van der Waals surface area contributed by atoms with Crippen LogP contribution in [0.3, 0.4) is 0 Å². The summed E-state index contributed by atoms with van der Waals surface area (Å²) in [7, 11) is 0. The summed E-state index contributed by atoms with van der Waals surface area (Å²) in [5.74, 6) is 0.797. The van der Waals surface area contributed by atoms with Crippen LogP contribution in [0.4, 0.5) is 0 Å². The molecule has 2 aliphatic rings. The van der Waals surface area contributed by atoms with Crippen molar-refractivity contribution in [1.29, 1.82) is 0 Å². The fourth-order valence-electron chi connectivity index (χ4n) is 1.86. The van der Waals surface area contributed by atoms with Crippen molar-refractivity contribution >= 4 is 45.5 Å². The molecule has 0 spiro atoms. The molecule has 0 radical (unpaired) electrons. The lowest BCUT2D eigenvalue weighted by Gasteiger charge is -2.31. The molecule has 18 heavy (non-hydrogen) atoms. The van der Waals surface area contributed by atoms with Crippen LogP contribution >= 0.6 is 36.2 Å². The Bertz CT molecular complexity index is 273. The van der Waals surface area contributed by atoms with Crippen LogP contribution in [0.15, 0.2) is 0 Å². The van der Waals surface area contributed by atoms with E-state index in [1.807, 2.05) is 0 Å². The zero-order valence-corrected chi connectivity index (χ0v) is 12.7. The van der Waals surface area contributed by atoms with Crippen molar-refractivity contribution in [1.82, 2.24) is 9.80 Å². The summed E-state index contributed by atoms with van der Waals surface area (Å²) in [6.07, 6.45) is 0. The Morgan fingerprint density at radius 2 is 1.39 bits per heavy atom. The van der Waals surface area contributed by atoms with Crippen LogP contribution in [0.2, 0.25) is 0 Å². The van der Waals surface area contributed by atoms with Crippen molar-refractivity contribution < 1.29 is 9.47 Å². The molecular formula is C11H18N2O2S3. The number of morpholine rings is 2. The maximum Gasteiger partial charge on any atom is 0.136 e. The fraction of sp³-hybridized carbons (Fsp3) is 0.818. The van der Waals surface area contributed by atoms with E-state index in [-0.39, 0.29) is 0 Å². The molecule has 2 saturated heterocycles. The summed E-state index contributed by atoms with van der Waals surface area (Å²) in [6.45, 7) is 6.71. The van der Waals surface area contributed by atoms with Crippen LogP contribution < -0.4 is 0 Å². The molecule has 2 heterocycles. The van der Waals surface area contributed by atoms with Crippen molar-refractivity contribution in [3.05, 3.63) is 0 Å². The third-order valence-electron chi connectivity index (χ3n) is 2.95. The molecule has 4 nitrogen and oxygen atoms in total. The molecule has 0 unspecified atom stereocenters. The third-order valence-corrected chi connectivity index (χ3v) is 5.07. The molecule has 0 amide bonds. The predicted octanol–water partition coefficient (Wildman–Crippen LogP) is 0.996. The highest BCUT2D eigenvalue weighted by Gasteiger charge is 2.17. The Morgan fingerprint density at radius 1 is 0.889 bits per heavy atom. The van der Waals surface area contributed by atoms with Crippen LogP contribution in [0.5, 0.6) is 0 Å². The first-order chi connectivity index (χ1) is 8.77. The van der Waals surface area contributed by atoms with Gasteiger partial charge in [-0.2, -0.15) is 0 Å². The Labute approximate surface area is 123 Å². The molecular weight excluding hydrogens is 288 g/mol.